The number of allylic oxidation sites excluding steroid dienone is 4. The van der Waals surface area contributed by atoms with Gasteiger partial charge in [0.25, 0.3) is 0 Å². The third-order valence-corrected chi connectivity index (χ3v) is 4.35. The van der Waals surface area contributed by atoms with E-state index in [2.05, 4.69) is 83.2 Å². The van der Waals surface area contributed by atoms with Crippen LogP contribution in [0.4, 0.5) is 0 Å². The monoisotopic (exact) mass is 286 g/mol. The number of nitrogens with zero attached hydrogens (tertiary/aromatic N) is 2. The summed E-state index contributed by atoms with van der Waals surface area (Å²) < 4.78 is 2.28. The molecule has 3 aromatic rings. The number of hydrogen-bond acceptors (Lipinski definition) is 1. The summed E-state index contributed by atoms with van der Waals surface area (Å²) in [6, 6.07) is 19.3. The van der Waals surface area contributed by atoms with Gasteiger partial charge in [-0.15, -0.1) is 0 Å². The summed E-state index contributed by atoms with van der Waals surface area (Å²) in [4.78, 5) is 4.55. The van der Waals surface area contributed by atoms with Gasteiger partial charge in [0.15, 0.2) is 0 Å². The molecular weight excluding hydrogens is 268 g/mol. The lowest BCUT2D eigenvalue weighted by molar-refractivity contribution is 0.555. The van der Waals surface area contributed by atoms with E-state index in [4.69, 9.17) is 0 Å². The molecule has 0 fully saturated rings. The Kier molecular flexibility index (Phi) is 3.15. The first-order valence-corrected chi connectivity index (χ1v) is 7.66. The minimum atomic E-state index is 0.262. The topological polar surface area (TPSA) is 17.8 Å². The van der Waals surface area contributed by atoms with Gasteiger partial charge < -0.3 is 4.57 Å². The quantitative estimate of drug-likeness (QED) is 0.656. The molecule has 1 aliphatic carbocycles. The standard InChI is InChI=1S/C20H18N2/c1-15-11-12-19(17(13-15)16-7-3-2-4-8-16)22-14-21-18-9-5-6-10-20(18)22/h2-14,17,19H,1H3. The fourth-order valence-corrected chi connectivity index (χ4v) is 3.26. The Labute approximate surface area is 130 Å². The molecule has 0 amide bonds. The van der Waals surface area contributed by atoms with E-state index in [0.29, 0.717) is 5.92 Å². The van der Waals surface area contributed by atoms with Crippen molar-refractivity contribution in [3.05, 3.63) is 90.3 Å². The highest BCUT2D eigenvalue weighted by molar-refractivity contribution is 5.75. The molecule has 2 atom stereocenters. The summed E-state index contributed by atoms with van der Waals surface area (Å²) in [5.41, 5.74) is 4.89. The maximum absolute atomic E-state index is 4.55. The SMILES string of the molecule is CC1=CC(c2ccccc2)C(n2cnc3ccccc32)C=C1. The van der Waals surface area contributed by atoms with Crippen molar-refractivity contribution in [2.75, 3.05) is 0 Å². The van der Waals surface area contributed by atoms with Crippen LogP contribution in [0.1, 0.15) is 24.4 Å². The molecule has 1 aliphatic rings. The summed E-state index contributed by atoms with van der Waals surface area (Å²) in [5.74, 6) is 0.337. The highest BCUT2D eigenvalue weighted by atomic mass is 15.1. The van der Waals surface area contributed by atoms with Crippen molar-refractivity contribution < 1.29 is 0 Å². The molecule has 0 radical (unpaired) electrons. The smallest absolute Gasteiger partial charge is 0.0964 e. The predicted octanol–water partition coefficient (Wildman–Crippen LogP) is 4.88. The van der Waals surface area contributed by atoms with E-state index < -0.39 is 0 Å². The summed E-state index contributed by atoms with van der Waals surface area (Å²) in [7, 11) is 0. The lowest BCUT2D eigenvalue weighted by Crippen LogP contribution is -2.16. The summed E-state index contributed by atoms with van der Waals surface area (Å²) in [6.45, 7) is 2.16. The average molecular weight is 286 g/mol. The molecule has 108 valence electrons. The van der Waals surface area contributed by atoms with Gasteiger partial charge in [-0.2, -0.15) is 0 Å². The first-order valence-electron chi connectivity index (χ1n) is 7.66. The largest absolute Gasteiger partial charge is 0.323 e. The third kappa shape index (κ3) is 2.17. The zero-order valence-corrected chi connectivity index (χ0v) is 12.6. The van der Waals surface area contributed by atoms with Crippen molar-refractivity contribution in [1.29, 1.82) is 0 Å². The fraction of sp³-hybridized carbons (Fsp3) is 0.150. The zero-order chi connectivity index (χ0) is 14.9. The van der Waals surface area contributed by atoms with Crippen LogP contribution in [-0.4, -0.2) is 9.55 Å². The summed E-state index contributed by atoms with van der Waals surface area (Å²) in [6.07, 6.45) is 8.82. The van der Waals surface area contributed by atoms with E-state index >= 15 is 0 Å². The minimum Gasteiger partial charge on any atom is -0.323 e. The van der Waals surface area contributed by atoms with Crippen molar-refractivity contribution in [1.82, 2.24) is 9.55 Å². The number of rotatable bonds is 2. The highest BCUT2D eigenvalue weighted by Gasteiger charge is 2.24. The second-order valence-electron chi connectivity index (χ2n) is 5.84. The predicted molar refractivity (Wildman–Crippen MR) is 90.9 cm³/mol. The molecule has 2 unspecified atom stereocenters. The number of hydrogen-bond donors (Lipinski definition) is 0. The highest BCUT2D eigenvalue weighted by Crippen LogP contribution is 2.37. The van der Waals surface area contributed by atoms with Gasteiger partial charge in [-0.25, -0.2) is 4.98 Å². The van der Waals surface area contributed by atoms with Crippen LogP contribution in [0.25, 0.3) is 11.0 Å². The number of imidazole rings is 1. The average Bonchev–Trinajstić information content (AvgIpc) is 3.00. The lowest BCUT2D eigenvalue weighted by Gasteiger charge is -2.27. The molecule has 0 saturated heterocycles. The van der Waals surface area contributed by atoms with Crippen molar-refractivity contribution in [2.45, 2.75) is 18.9 Å². The summed E-state index contributed by atoms with van der Waals surface area (Å²) in [5, 5.41) is 0. The normalized spacial score (nSPS) is 21.0. The molecule has 0 aliphatic heterocycles. The molecule has 1 heterocycles. The molecule has 1 aromatic heterocycles. The molecule has 0 saturated carbocycles. The van der Waals surface area contributed by atoms with Crippen LogP contribution in [-0.2, 0) is 0 Å². The van der Waals surface area contributed by atoms with E-state index in [-0.39, 0.29) is 6.04 Å². The Bertz CT molecular complexity index is 856. The van der Waals surface area contributed by atoms with Crippen LogP contribution in [0.15, 0.2) is 84.7 Å². The van der Waals surface area contributed by atoms with E-state index in [0.717, 1.165) is 5.52 Å². The Morgan fingerprint density at radius 1 is 0.955 bits per heavy atom. The third-order valence-electron chi connectivity index (χ3n) is 4.35. The van der Waals surface area contributed by atoms with E-state index in [1.54, 1.807) is 0 Å². The Morgan fingerprint density at radius 3 is 2.59 bits per heavy atom. The molecule has 2 nitrogen and oxygen atoms in total. The van der Waals surface area contributed by atoms with Gasteiger partial charge in [-0.1, -0.05) is 66.3 Å². The van der Waals surface area contributed by atoms with E-state index in [9.17, 15) is 0 Å². The Morgan fingerprint density at radius 2 is 1.73 bits per heavy atom. The van der Waals surface area contributed by atoms with Crippen LogP contribution in [0.2, 0.25) is 0 Å². The van der Waals surface area contributed by atoms with Gasteiger partial charge in [-0.05, 0) is 24.6 Å². The second kappa shape index (κ2) is 5.30. The number of fused-ring (bicyclic) bond motifs is 1. The van der Waals surface area contributed by atoms with Gasteiger partial charge in [0.2, 0.25) is 0 Å². The number of benzene rings is 2. The van der Waals surface area contributed by atoms with E-state index in [1.807, 2.05) is 12.4 Å². The molecular formula is C20H18N2. The van der Waals surface area contributed by atoms with Crippen LogP contribution < -0.4 is 0 Å². The molecule has 0 N–H and O–H groups in total. The van der Waals surface area contributed by atoms with Gasteiger partial charge in [0.1, 0.15) is 0 Å². The molecule has 0 spiro atoms. The minimum absolute atomic E-state index is 0.262. The van der Waals surface area contributed by atoms with Gasteiger partial charge in [0.05, 0.1) is 23.4 Å². The van der Waals surface area contributed by atoms with Crippen molar-refractivity contribution in [3.8, 4) is 0 Å². The van der Waals surface area contributed by atoms with Crippen molar-refractivity contribution in [3.63, 3.8) is 0 Å². The molecule has 2 heteroatoms. The second-order valence-corrected chi connectivity index (χ2v) is 5.84. The van der Waals surface area contributed by atoms with E-state index in [1.165, 1.54) is 16.7 Å². The fourth-order valence-electron chi connectivity index (χ4n) is 3.26. The molecule has 0 bridgehead atoms. The lowest BCUT2D eigenvalue weighted by atomic mass is 9.86. The molecule has 4 rings (SSSR count). The summed E-state index contributed by atoms with van der Waals surface area (Å²) >= 11 is 0. The first-order chi connectivity index (χ1) is 10.8. The maximum Gasteiger partial charge on any atom is 0.0964 e. The Balaban J connectivity index is 1.84. The van der Waals surface area contributed by atoms with Crippen LogP contribution in [0, 0.1) is 0 Å². The van der Waals surface area contributed by atoms with Crippen LogP contribution in [0.3, 0.4) is 0 Å². The van der Waals surface area contributed by atoms with Crippen LogP contribution in [0.5, 0.6) is 0 Å². The van der Waals surface area contributed by atoms with Gasteiger partial charge >= 0.3 is 0 Å². The van der Waals surface area contributed by atoms with Crippen LogP contribution >= 0.6 is 0 Å². The maximum atomic E-state index is 4.55. The molecule has 22 heavy (non-hydrogen) atoms. The Hall–Kier alpha value is -2.61. The van der Waals surface area contributed by atoms with Crippen molar-refractivity contribution >= 4 is 11.0 Å². The number of aromatic nitrogens is 2. The zero-order valence-electron chi connectivity index (χ0n) is 12.6. The van der Waals surface area contributed by atoms with Crippen molar-refractivity contribution in [2.24, 2.45) is 0 Å². The number of para-hydroxylation sites is 2. The van der Waals surface area contributed by atoms with Gasteiger partial charge in [0, 0.05) is 5.92 Å². The first kappa shape index (κ1) is 13.1. The molecule has 2 aromatic carbocycles. The van der Waals surface area contributed by atoms with Gasteiger partial charge in [-0.3, -0.25) is 0 Å².